The van der Waals surface area contributed by atoms with Gasteiger partial charge in [0.05, 0.1) is 37.3 Å². The van der Waals surface area contributed by atoms with E-state index in [-0.39, 0.29) is 64.0 Å². The van der Waals surface area contributed by atoms with Crippen LogP contribution in [-0.2, 0) is 0 Å². The average molecular weight is 813 g/mol. The number of benzene rings is 9. The number of aromatic nitrogens is 5. The molecule has 0 aliphatic carbocycles. The quantitative estimate of drug-likeness (QED) is 0.168. The van der Waals surface area contributed by atoms with Crippen molar-refractivity contribution in [2.24, 2.45) is 0 Å². The van der Waals surface area contributed by atoms with Gasteiger partial charge in [-0.15, -0.1) is 0 Å². The van der Waals surface area contributed by atoms with Crippen LogP contribution >= 0.6 is 0 Å². The van der Waals surface area contributed by atoms with E-state index in [9.17, 15) is 6.85 Å². The fourth-order valence-corrected chi connectivity index (χ4v) is 9.04. The molecule has 0 unspecified atom stereocenters. The van der Waals surface area contributed by atoms with Gasteiger partial charge in [-0.05, 0) is 48.0 Å². The van der Waals surface area contributed by atoms with Gasteiger partial charge in [0, 0.05) is 60.3 Å². The molecule has 63 heavy (non-hydrogen) atoms. The van der Waals surface area contributed by atoms with E-state index < -0.39 is 0 Å². The van der Waals surface area contributed by atoms with Gasteiger partial charge in [-0.1, -0.05) is 170 Å². The van der Waals surface area contributed by atoms with Crippen LogP contribution in [0.5, 0.6) is 0 Å². The zero-order chi connectivity index (χ0) is 47.5. The third-order valence-corrected chi connectivity index (χ3v) is 11.8. The van der Waals surface area contributed by atoms with Gasteiger partial charge >= 0.3 is 0 Å². The Morgan fingerprint density at radius 2 is 1.02 bits per heavy atom. The third-order valence-electron chi connectivity index (χ3n) is 11.8. The second kappa shape index (κ2) is 14.0. The molecule has 0 aliphatic heterocycles. The van der Waals surface area contributed by atoms with Gasteiger partial charge in [-0.2, -0.15) is 0 Å². The number of nitrogens with zero attached hydrogens (tertiary/aromatic N) is 5. The highest BCUT2D eigenvalue weighted by atomic mass is 16.3. The van der Waals surface area contributed by atoms with Crippen LogP contribution in [0.3, 0.4) is 0 Å². The summed E-state index contributed by atoms with van der Waals surface area (Å²) in [6, 6.07) is 52.3. The first kappa shape index (κ1) is 28.8. The zero-order valence-electron chi connectivity index (χ0n) is 40.3. The first-order chi connectivity index (χ1) is 34.2. The van der Waals surface area contributed by atoms with Crippen molar-refractivity contribution >= 4 is 65.6 Å². The molecule has 0 spiro atoms. The topological polar surface area (TPSA) is 61.7 Å². The Morgan fingerprint density at radius 3 is 1.76 bits per heavy atom. The van der Waals surface area contributed by atoms with E-state index in [0.29, 0.717) is 61.9 Å². The van der Waals surface area contributed by atoms with Crippen LogP contribution in [0.2, 0.25) is 0 Å². The van der Waals surface area contributed by atoms with E-state index in [1.165, 1.54) is 6.07 Å². The minimum absolute atomic E-state index is 0.0393. The van der Waals surface area contributed by atoms with Gasteiger partial charge < -0.3 is 13.6 Å². The number of hydrogen-bond acceptors (Lipinski definition) is 4. The van der Waals surface area contributed by atoms with Crippen molar-refractivity contribution in [1.82, 2.24) is 24.1 Å². The lowest BCUT2D eigenvalue weighted by molar-refractivity contribution is 0.670. The highest BCUT2D eigenvalue weighted by molar-refractivity contribution is 6.24. The second-order valence-electron chi connectivity index (χ2n) is 15.4. The maximum absolute atomic E-state index is 9.85. The molecule has 0 amide bonds. The Bertz CT molecular complexity index is 4270. The Labute approximate surface area is 371 Å². The van der Waals surface area contributed by atoms with Crippen molar-refractivity contribution in [3.63, 3.8) is 0 Å². The highest BCUT2D eigenvalue weighted by Gasteiger charge is 2.25. The number of hydrogen-bond donors (Lipinski definition) is 0. The summed E-state index contributed by atoms with van der Waals surface area (Å²) < 4.78 is 76.2. The Balaban J connectivity index is 1.25. The van der Waals surface area contributed by atoms with E-state index in [2.05, 4.69) is 0 Å². The van der Waals surface area contributed by atoms with Gasteiger partial charge in [-0.3, -0.25) is 0 Å². The molecule has 0 saturated heterocycles. The fourth-order valence-electron chi connectivity index (χ4n) is 9.04. The molecular formula is C57H35N5O. The van der Waals surface area contributed by atoms with Gasteiger partial charge in [0.15, 0.2) is 17.5 Å². The summed E-state index contributed by atoms with van der Waals surface area (Å²) in [6.07, 6.45) is 0. The summed E-state index contributed by atoms with van der Waals surface area (Å²) in [4.78, 5) is 15.5. The van der Waals surface area contributed by atoms with Crippen molar-refractivity contribution in [2.45, 2.75) is 0 Å². The van der Waals surface area contributed by atoms with Gasteiger partial charge in [0.2, 0.25) is 0 Å². The van der Waals surface area contributed by atoms with E-state index in [0.717, 1.165) is 38.6 Å². The molecular weight excluding hydrogens is 771 g/mol. The summed E-state index contributed by atoms with van der Waals surface area (Å²) in [5.74, 6) is 1.13. The second-order valence-corrected chi connectivity index (χ2v) is 15.4. The third kappa shape index (κ3) is 5.48. The van der Waals surface area contributed by atoms with Crippen molar-refractivity contribution in [3.8, 4) is 56.7 Å². The van der Waals surface area contributed by atoms with Crippen molar-refractivity contribution in [2.75, 3.05) is 0 Å². The molecule has 6 nitrogen and oxygen atoms in total. The monoisotopic (exact) mass is 812 g/mol. The minimum atomic E-state index is -0.237. The Hall–Kier alpha value is -8.61. The molecule has 0 fully saturated rings. The van der Waals surface area contributed by atoms with Crippen LogP contribution in [0.1, 0.15) is 9.60 Å². The van der Waals surface area contributed by atoms with Crippen LogP contribution in [0.4, 0.5) is 0 Å². The molecule has 294 valence electrons. The van der Waals surface area contributed by atoms with E-state index in [4.69, 9.17) is 22.1 Å². The lowest BCUT2D eigenvalue weighted by atomic mass is 9.98. The minimum Gasteiger partial charge on any atom is -0.455 e. The molecule has 9 aromatic carbocycles. The Morgan fingerprint density at radius 1 is 0.397 bits per heavy atom. The lowest BCUT2D eigenvalue weighted by Crippen LogP contribution is -2.04. The summed E-state index contributed by atoms with van der Waals surface area (Å²) in [5, 5.41) is 2.89. The van der Waals surface area contributed by atoms with Gasteiger partial charge in [0.1, 0.15) is 11.2 Å². The number of rotatable bonds is 6. The van der Waals surface area contributed by atoms with Gasteiger partial charge in [-0.25, -0.2) is 15.0 Å². The smallest absolute Gasteiger partial charge is 0.166 e. The molecule has 13 aromatic rings. The first-order valence-corrected chi connectivity index (χ1v) is 20.6. The molecule has 4 heterocycles. The van der Waals surface area contributed by atoms with Crippen LogP contribution in [0.15, 0.2) is 217 Å². The maximum Gasteiger partial charge on any atom is 0.166 e. The average Bonchev–Trinajstić information content (AvgIpc) is 4.08. The number of furan rings is 1. The summed E-state index contributed by atoms with van der Waals surface area (Å²) >= 11 is 0. The Kier molecular flexibility index (Phi) is 6.39. The van der Waals surface area contributed by atoms with Gasteiger partial charge in [0.25, 0.3) is 0 Å². The van der Waals surface area contributed by atoms with E-state index in [1.54, 1.807) is 12.1 Å². The van der Waals surface area contributed by atoms with Crippen LogP contribution < -0.4 is 0 Å². The predicted octanol–water partition coefficient (Wildman–Crippen LogP) is 14.6. The molecule has 0 N–H and O–H groups in total. The van der Waals surface area contributed by atoms with Crippen LogP contribution in [-0.4, -0.2) is 24.1 Å². The van der Waals surface area contributed by atoms with E-state index in [1.807, 2.05) is 161 Å². The van der Waals surface area contributed by atoms with Crippen molar-refractivity contribution in [3.05, 3.63) is 212 Å². The first-order valence-electron chi connectivity index (χ1n) is 24.1. The highest BCUT2D eigenvalue weighted by Crippen LogP contribution is 2.45. The summed E-state index contributed by atoms with van der Waals surface area (Å²) in [5.41, 5.74) is 7.82. The fraction of sp³-hybridized carbons (Fsp3) is 0. The van der Waals surface area contributed by atoms with E-state index >= 15 is 0 Å². The van der Waals surface area contributed by atoms with Crippen LogP contribution in [0.25, 0.3) is 122 Å². The predicted molar refractivity (Wildman–Crippen MR) is 258 cm³/mol. The molecule has 0 aliphatic rings. The summed E-state index contributed by atoms with van der Waals surface area (Å²) in [7, 11) is 0. The molecule has 4 aromatic heterocycles. The molecule has 0 atom stereocenters. The summed E-state index contributed by atoms with van der Waals surface area (Å²) in [6.45, 7) is 0. The molecule has 0 bridgehead atoms. The zero-order valence-corrected chi connectivity index (χ0v) is 33.3. The lowest BCUT2D eigenvalue weighted by Gasteiger charge is -2.17. The normalized spacial score (nSPS) is 13.4. The van der Waals surface area contributed by atoms with Crippen molar-refractivity contribution in [1.29, 1.82) is 0 Å². The standard InChI is InChI=1S/C57H35N5O/c1-4-17-36(18-5-1)55-58-56(37-19-6-2-7-20-37)60-57(59-55)47-35-38(40-26-16-27-46-43-25-12-15-30-51(43)63-54(40)46)31-34-50(47)62-49-29-14-11-24-42(49)45-33-32-44-41-23-10-13-28-48(41)61(52(44)53(45)62)39-21-8-3-9-22-39/h1-35H/i10D,11D,23D,24D,29D,32D,33D. The SMILES string of the molecule is [2H]c1ccc2c(c1[2H])c1c([2H])c([2H])c3c4c([2H])c([2H])cc([2H])c4n(-c4ccc(-c5cccc6c5oc5ccccc56)cc4-c4nc(-c5ccccc5)nc(-c5ccccc5)n4)c3c1n2-c1ccccc1. The largest absolute Gasteiger partial charge is 0.455 e. The number of para-hydroxylation sites is 5. The van der Waals surface area contributed by atoms with Crippen LogP contribution in [0, 0.1) is 0 Å². The maximum atomic E-state index is 9.85. The van der Waals surface area contributed by atoms with Crippen molar-refractivity contribution < 1.29 is 14.0 Å². The molecule has 0 saturated carbocycles. The molecule has 0 radical (unpaired) electrons. The number of fused-ring (bicyclic) bond motifs is 10. The molecule has 13 rings (SSSR count). The molecule has 6 heteroatoms.